The first kappa shape index (κ1) is 16.7. The number of H-pyrrole nitrogens is 1. The smallest absolute Gasteiger partial charge is 0.222 e. The number of fused-ring (bicyclic) bond motifs is 3. The molecular formula is C21H25N5O. The van der Waals surface area contributed by atoms with Crippen LogP contribution < -0.4 is 5.32 Å². The van der Waals surface area contributed by atoms with Gasteiger partial charge in [0.25, 0.3) is 0 Å². The molecule has 1 saturated heterocycles. The van der Waals surface area contributed by atoms with E-state index in [1.165, 1.54) is 22.2 Å². The number of anilines is 1. The van der Waals surface area contributed by atoms with Crippen LogP contribution in [0.3, 0.4) is 0 Å². The van der Waals surface area contributed by atoms with Crippen LogP contribution >= 0.6 is 0 Å². The highest BCUT2D eigenvalue weighted by atomic mass is 16.5. The van der Waals surface area contributed by atoms with Gasteiger partial charge in [-0.1, -0.05) is 18.2 Å². The number of aromatic amines is 1. The van der Waals surface area contributed by atoms with Crippen molar-refractivity contribution in [2.45, 2.75) is 38.5 Å². The minimum absolute atomic E-state index is 0.298. The van der Waals surface area contributed by atoms with E-state index in [1.807, 2.05) is 12.4 Å². The topological polar surface area (TPSA) is 66.1 Å². The van der Waals surface area contributed by atoms with Crippen LogP contribution in [0.2, 0.25) is 0 Å². The Morgan fingerprint density at radius 2 is 2.11 bits per heavy atom. The lowest BCUT2D eigenvalue weighted by atomic mass is 10.0. The van der Waals surface area contributed by atoms with Crippen molar-refractivity contribution in [1.29, 1.82) is 0 Å². The van der Waals surface area contributed by atoms with Gasteiger partial charge in [-0.3, -0.25) is 4.90 Å². The summed E-state index contributed by atoms with van der Waals surface area (Å²) in [5.41, 5.74) is 5.22. The van der Waals surface area contributed by atoms with Gasteiger partial charge in [0.2, 0.25) is 5.95 Å². The number of ether oxygens (including phenoxy) is 1. The van der Waals surface area contributed by atoms with E-state index in [0.717, 1.165) is 57.6 Å². The molecule has 1 atom stereocenters. The molecule has 2 N–H and O–H groups in total. The minimum Gasteiger partial charge on any atom is -0.376 e. The molecule has 0 amide bonds. The second kappa shape index (κ2) is 7.29. The number of benzene rings is 1. The van der Waals surface area contributed by atoms with E-state index in [0.29, 0.717) is 12.1 Å². The molecule has 5 rings (SSSR count). The van der Waals surface area contributed by atoms with E-state index in [2.05, 4.69) is 49.4 Å². The molecule has 140 valence electrons. The fourth-order valence-corrected chi connectivity index (χ4v) is 4.15. The van der Waals surface area contributed by atoms with Gasteiger partial charge >= 0.3 is 0 Å². The monoisotopic (exact) mass is 363 g/mol. The lowest BCUT2D eigenvalue weighted by Gasteiger charge is -2.27. The Labute approximate surface area is 159 Å². The number of hydrogen-bond donors (Lipinski definition) is 2. The molecule has 6 nitrogen and oxygen atoms in total. The fraction of sp³-hybridized carbons (Fsp3) is 0.429. The number of nitrogens with one attached hydrogen (secondary N) is 2. The fourth-order valence-electron chi connectivity index (χ4n) is 4.15. The molecule has 6 heteroatoms. The van der Waals surface area contributed by atoms with Gasteiger partial charge in [0.15, 0.2) is 0 Å². The Bertz CT molecular complexity index is 914. The SMILES string of the molecule is c1ccc2c3c([nH]c2c1)CCN(Cc1cnc(NC[C@H]2CCCO2)nc1)C3. The average Bonchev–Trinajstić information content (AvgIpc) is 3.35. The molecule has 2 aliphatic rings. The van der Waals surface area contributed by atoms with E-state index in [9.17, 15) is 0 Å². The van der Waals surface area contributed by atoms with Gasteiger partial charge in [-0.2, -0.15) is 0 Å². The molecule has 4 heterocycles. The van der Waals surface area contributed by atoms with Crippen LogP contribution in [0, 0.1) is 0 Å². The number of hydrogen-bond acceptors (Lipinski definition) is 5. The van der Waals surface area contributed by atoms with Crippen LogP contribution in [-0.2, 0) is 24.2 Å². The summed E-state index contributed by atoms with van der Waals surface area (Å²) >= 11 is 0. The first-order valence-electron chi connectivity index (χ1n) is 9.82. The average molecular weight is 363 g/mol. The van der Waals surface area contributed by atoms with Crippen molar-refractivity contribution in [1.82, 2.24) is 19.9 Å². The van der Waals surface area contributed by atoms with Crippen molar-refractivity contribution in [3.63, 3.8) is 0 Å². The molecule has 0 saturated carbocycles. The van der Waals surface area contributed by atoms with Crippen LogP contribution in [0.1, 0.15) is 29.7 Å². The maximum absolute atomic E-state index is 5.62. The number of nitrogens with zero attached hydrogens (tertiary/aromatic N) is 3. The van der Waals surface area contributed by atoms with Crippen molar-refractivity contribution in [2.24, 2.45) is 0 Å². The Morgan fingerprint density at radius 1 is 1.22 bits per heavy atom. The third kappa shape index (κ3) is 3.55. The van der Waals surface area contributed by atoms with Crippen LogP contribution in [-0.4, -0.2) is 45.7 Å². The van der Waals surface area contributed by atoms with Gasteiger partial charge in [0.05, 0.1) is 6.10 Å². The normalized spacial score (nSPS) is 20.1. The third-order valence-corrected chi connectivity index (χ3v) is 5.59. The molecule has 0 spiro atoms. The molecule has 2 aromatic heterocycles. The van der Waals surface area contributed by atoms with Gasteiger partial charge in [0, 0.05) is 73.8 Å². The highest BCUT2D eigenvalue weighted by Crippen LogP contribution is 2.28. The number of para-hydroxylation sites is 1. The summed E-state index contributed by atoms with van der Waals surface area (Å²) in [7, 11) is 0. The van der Waals surface area contributed by atoms with Gasteiger partial charge in [-0.25, -0.2) is 9.97 Å². The molecule has 0 bridgehead atoms. The van der Waals surface area contributed by atoms with E-state index in [-0.39, 0.29) is 0 Å². The standard InChI is InChI=1S/C21H25N5O/c1-2-6-19-17(5-1)18-14-26(8-7-20(18)25-19)13-15-10-22-21(23-11-15)24-12-16-4-3-9-27-16/h1-2,5-6,10-11,16,25H,3-4,7-9,12-14H2,(H,22,23,24)/t16-/m1/s1. The van der Waals surface area contributed by atoms with E-state index >= 15 is 0 Å². The Morgan fingerprint density at radius 3 is 2.96 bits per heavy atom. The first-order chi connectivity index (χ1) is 13.3. The summed E-state index contributed by atoms with van der Waals surface area (Å²) in [6.45, 7) is 4.57. The van der Waals surface area contributed by atoms with Crippen LogP contribution in [0.5, 0.6) is 0 Å². The maximum atomic E-state index is 5.62. The van der Waals surface area contributed by atoms with Crippen molar-refractivity contribution < 1.29 is 4.74 Å². The van der Waals surface area contributed by atoms with Crippen LogP contribution in [0.25, 0.3) is 10.9 Å². The molecule has 0 radical (unpaired) electrons. The summed E-state index contributed by atoms with van der Waals surface area (Å²) < 4.78 is 5.62. The van der Waals surface area contributed by atoms with Gasteiger partial charge in [0.1, 0.15) is 0 Å². The second-order valence-electron chi connectivity index (χ2n) is 7.52. The predicted molar refractivity (Wildman–Crippen MR) is 106 cm³/mol. The summed E-state index contributed by atoms with van der Waals surface area (Å²) in [5.74, 6) is 0.687. The van der Waals surface area contributed by atoms with Gasteiger partial charge in [-0.15, -0.1) is 0 Å². The molecule has 3 aromatic rings. The van der Waals surface area contributed by atoms with E-state index in [4.69, 9.17) is 4.74 Å². The van der Waals surface area contributed by atoms with E-state index < -0.39 is 0 Å². The highest BCUT2D eigenvalue weighted by Gasteiger charge is 2.21. The Kier molecular flexibility index (Phi) is 4.51. The molecule has 2 aliphatic heterocycles. The Balaban J connectivity index is 1.22. The third-order valence-electron chi connectivity index (χ3n) is 5.59. The number of aromatic nitrogens is 3. The van der Waals surface area contributed by atoms with Crippen LogP contribution in [0.15, 0.2) is 36.7 Å². The maximum Gasteiger partial charge on any atom is 0.222 e. The molecule has 0 unspecified atom stereocenters. The van der Waals surface area contributed by atoms with Crippen molar-refractivity contribution in [3.8, 4) is 0 Å². The van der Waals surface area contributed by atoms with Crippen LogP contribution in [0.4, 0.5) is 5.95 Å². The first-order valence-corrected chi connectivity index (χ1v) is 9.82. The lowest BCUT2D eigenvalue weighted by Crippen LogP contribution is -2.30. The minimum atomic E-state index is 0.298. The summed E-state index contributed by atoms with van der Waals surface area (Å²) in [6.07, 6.45) is 7.51. The molecule has 1 fully saturated rings. The zero-order chi connectivity index (χ0) is 18.1. The molecule has 1 aromatic carbocycles. The van der Waals surface area contributed by atoms with Gasteiger partial charge < -0.3 is 15.0 Å². The Hall–Kier alpha value is -2.44. The predicted octanol–water partition coefficient (Wildman–Crippen LogP) is 3.11. The zero-order valence-corrected chi connectivity index (χ0v) is 15.4. The van der Waals surface area contributed by atoms with Crippen molar-refractivity contribution >= 4 is 16.9 Å². The van der Waals surface area contributed by atoms with Crippen molar-refractivity contribution in [2.75, 3.05) is 25.0 Å². The molecule has 0 aliphatic carbocycles. The summed E-state index contributed by atoms with van der Waals surface area (Å²) in [4.78, 5) is 15.0. The lowest BCUT2D eigenvalue weighted by molar-refractivity contribution is 0.120. The second-order valence-corrected chi connectivity index (χ2v) is 7.52. The summed E-state index contributed by atoms with van der Waals surface area (Å²) in [6, 6.07) is 8.58. The number of rotatable bonds is 5. The molecular weight excluding hydrogens is 338 g/mol. The van der Waals surface area contributed by atoms with E-state index in [1.54, 1.807) is 0 Å². The summed E-state index contributed by atoms with van der Waals surface area (Å²) in [5, 5.41) is 4.63. The molecule has 27 heavy (non-hydrogen) atoms. The largest absolute Gasteiger partial charge is 0.376 e. The highest BCUT2D eigenvalue weighted by molar-refractivity contribution is 5.84. The van der Waals surface area contributed by atoms with Gasteiger partial charge in [-0.05, 0) is 24.5 Å². The quantitative estimate of drug-likeness (QED) is 0.729. The zero-order valence-electron chi connectivity index (χ0n) is 15.4. The van der Waals surface area contributed by atoms with Crippen molar-refractivity contribution in [3.05, 3.63) is 53.5 Å².